The molecule has 0 spiro atoms. The van der Waals surface area contributed by atoms with Gasteiger partial charge in [0.25, 0.3) is 5.91 Å². The first-order chi connectivity index (χ1) is 11.6. The maximum absolute atomic E-state index is 12.3. The highest BCUT2D eigenvalue weighted by Gasteiger charge is 2.26. The summed E-state index contributed by atoms with van der Waals surface area (Å²) in [6, 6.07) is 6.44. The van der Waals surface area contributed by atoms with E-state index in [4.69, 9.17) is 4.74 Å². The van der Waals surface area contributed by atoms with Crippen LogP contribution in [-0.2, 0) is 14.3 Å². The van der Waals surface area contributed by atoms with Crippen LogP contribution in [0.3, 0.4) is 0 Å². The number of carbonyl (C=O) groups is 3. The van der Waals surface area contributed by atoms with Crippen molar-refractivity contribution in [2.75, 3.05) is 20.3 Å². The maximum Gasteiger partial charge on any atom is 0.339 e. The Balaban J connectivity index is 2.00. The van der Waals surface area contributed by atoms with Gasteiger partial charge in [-0.1, -0.05) is 19.1 Å². The van der Waals surface area contributed by atoms with Crippen molar-refractivity contribution in [1.29, 1.82) is 0 Å². The molecule has 24 heavy (non-hydrogen) atoms. The third kappa shape index (κ3) is 4.13. The van der Waals surface area contributed by atoms with Gasteiger partial charge in [0.05, 0.1) is 18.2 Å². The van der Waals surface area contributed by atoms with Gasteiger partial charge in [-0.15, -0.1) is 0 Å². The molecule has 6 heteroatoms. The van der Waals surface area contributed by atoms with Crippen LogP contribution in [0.2, 0.25) is 0 Å². The number of benzene rings is 1. The average molecular weight is 333 g/mol. The Bertz CT molecular complexity index is 613. The number of piperidine rings is 1. The van der Waals surface area contributed by atoms with Crippen molar-refractivity contribution in [3.8, 4) is 0 Å². The molecule has 1 fully saturated rings. The number of carbonyl (C=O) groups excluding carboxylic acids is 3. The van der Waals surface area contributed by atoms with E-state index in [1.807, 2.05) is 0 Å². The summed E-state index contributed by atoms with van der Waals surface area (Å²) in [5.74, 6) is -1.50. The van der Waals surface area contributed by atoms with E-state index < -0.39 is 11.9 Å². The molecule has 0 aliphatic carbocycles. The predicted octanol–water partition coefficient (Wildman–Crippen LogP) is 2.42. The normalized spacial score (nSPS) is 17.2. The van der Waals surface area contributed by atoms with Crippen LogP contribution < -0.4 is 0 Å². The third-order valence-corrected chi connectivity index (χ3v) is 4.30. The molecule has 2 rings (SSSR count). The monoisotopic (exact) mass is 333 g/mol. The molecule has 130 valence electrons. The van der Waals surface area contributed by atoms with Gasteiger partial charge < -0.3 is 14.4 Å². The highest BCUT2D eigenvalue weighted by atomic mass is 16.5. The molecule has 0 saturated carbocycles. The fraction of sp³-hybridized carbons (Fsp3) is 0.500. The van der Waals surface area contributed by atoms with Crippen LogP contribution in [0.25, 0.3) is 0 Å². The second-order valence-electron chi connectivity index (χ2n) is 5.76. The van der Waals surface area contributed by atoms with Crippen LogP contribution in [0.5, 0.6) is 0 Å². The molecular formula is C18H23NO5. The van der Waals surface area contributed by atoms with Crippen molar-refractivity contribution in [1.82, 2.24) is 4.90 Å². The average Bonchev–Trinajstić information content (AvgIpc) is 2.65. The minimum Gasteiger partial charge on any atom is -0.465 e. The van der Waals surface area contributed by atoms with Crippen LogP contribution in [0.1, 0.15) is 53.3 Å². The zero-order valence-electron chi connectivity index (χ0n) is 14.1. The highest BCUT2D eigenvalue weighted by Crippen LogP contribution is 2.19. The molecular weight excluding hydrogens is 310 g/mol. The molecule has 6 nitrogen and oxygen atoms in total. The Morgan fingerprint density at radius 1 is 1.12 bits per heavy atom. The van der Waals surface area contributed by atoms with E-state index in [1.165, 1.54) is 19.2 Å². The van der Waals surface area contributed by atoms with Crippen LogP contribution in [0.4, 0.5) is 0 Å². The molecule has 1 aliphatic rings. The van der Waals surface area contributed by atoms with E-state index in [0.29, 0.717) is 6.54 Å². The van der Waals surface area contributed by atoms with Crippen molar-refractivity contribution >= 4 is 17.8 Å². The summed E-state index contributed by atoms with van der Waals surface area (Å²) in [4.78, 5) is 38.1. The van der Waals surface area contributed by atoms with Crippen molar-refractivity contribution in [3.05, 3.63) is 35.4 Å². The summed E-state index contributed by atoms with van der Waals surface area (Å²) in [6.45, 7) is 2.44. The van der Waals surface area contributed by atoms with Crippen LogP contribution >= 0.6 is 0 Å². The molecule has 1 atom stereocenters. The lowest BCUT2D eigenvalue weighted by Crippen LogP contribution is -2.45. The maximum atomic E-state index is 12.3. The van der Waals surface area contributed by atoms with Crippen molar-refractivity contribution in [2.45, 2.75) is 38.6 Å². The molecule has 1 aromatic rings. The number of likely N-dealkylation sites (tertiary alicyclic amines) is 1. The number of ether oxygens (including phenoxy) is 2. The van der Waals surface area contributed by atoms with Gasteiger partial charge in [0.1, 0.15) is 0 Å². The SMILES string of the molecule is CCC1CCCCN1C(=O)COC(=O)c1ccccc1C(=O)OC. The van der Waals surface area contributed by atoms with E-state index in [9.17, 15) is 14.4 Å². The topological polar surface area (TPSA) is 72.9 Å². The fourth-order valence-electron chi connectivity index (χ4n) is 2.99. The summed E-state index contributed by atoms with van der Waals surface area (Å²) in [7, 11) is 1.25. The minimum atomic E-state index is -0.700. The van der Waals surface area contributed by atoms with E-state index >= 15 is 0 Å². The second-order valence-corrected chi connectivity index (χ2v) is 5.76. The number of nitrogens with zero attached hydrogens (tertiary/aromatic N) is 1. The van der Waals surface area contributed by atoms with E-state index in [2.05, 4.69) is 11.7 Å². The first kappa shape index (κ1) is 18.0. The first-order valence-electron chi connectivity index (χ1n) is 8.22. The van der Waals surface area contributed by atoms with Crippen LogP contribution in [-0.4, -0.2) is 49.0 Å². The Hall–Kier alpha value is -2.37. The molecule has 0 radical (unpaired) electrons. The van der Waals surface area contributed by atoms with E-state index in [-0.39, 0.29) is 29.7 Å². The van der Waals surface area contributed by atoms with Crippen molar-refractivity contribution in [2.24, 2.45) is 0 Å². The van der Waals surface area contributed by atoms with Crippen LogP contribution in [0.15, 0.2) is 24.3 Å². The summed E-state index contributed by atoms with van der Waals surface area (Å²) in [6.07, 6.45) is 3.97. The predicted molar refractivity (Wildman–Crippen MR) is 87.7 cm³/mol. The Morgan fingerprint density at radius 3 is 2.42 bits per heavy atom. The van der Waals surface area contributed by atoms with Gasteiger partial charge in [-0.05, 0) is 37.8 Å². The van der Waals surface area contributed by atoms with Gasteiger partial charge in [-0.3, -0.25) is 4.79 Å². The summed E-state index contributed by atoms with van der Waals surface area (Å²) in [5.41, 5.74) is 0.227. The van der Waals surface area contributed by atoms with Gasteiger partial charge in [-0.2, -0.15) is 0 Å². The lowest BCUT2D eigenvalue weighted by Gasteiger charge is -2.35. The summed E-state index contributed by atoms with van der Waals surface area (Å²) >= 11 is 0. The quantitative estimate of drug-likeness (QED) is 0.774. The van der Waals surface area contributed by atoms with E-state index in [0.717, 1.165) is 25.7 Å². The lowest BCUT2D eigenvalue weighted by molar-refractivity contribution is -0.138. The molecule has 1 amide bonds. The minimum absolute atomic E-state index is 0.0998. The third-order valence-electron chi connectivity index (χ3n) is 4.30. The summed E-state index contributed by atoms with van der Waals surface area (Å²) in [5, 5.41) is 0. The second kappa shape index (κ2) is 8.47. The number of amides is 1. The van der Waals surface area contributed by atoms with Crippen LogP contribution in [0, 0.1) is 0 Å². The van der Waals surface area contributed by atoms with Crippen molar-refractivity contribution in [3.63, 3.8) is 0 Å². The Labute approximate surface area is 141 Å². The zero-order chi connectivity index (χ0) is 17.5. The fourth-order valence-corrected chi connectivity index (χ4v) is 2.99. The molecule has 1 heterocycles. The number of esters is 2. The number of hydrogen-bond donors (Lipinski definition) is 0. The number of hydrogen-bond acceptors (Lipinski definition) is 5. The smallest absolute Gasteiger partial charge is 0.339 e. The number of rotatable bonds is 5. The lowest BCUT2D eigenvalue weighted by atomic mass is 10.00. The van der Waals surface area contributed by atoms with Crippen molar-refractivity contribution < 1.29 is 23.9 Å². The van der Waals surface area contributed by atoms with Gasteiger partial charge in [-0.25, -0.2) is 9.59 Å². The largest absolute Gasteiger partial charge is 0.465 e. The number of methoxy groups -OCH3 is 1. The van der Waals surface area contributed by atoms with E-state index in [1.54, 1.807) is 17.0 Å². The summed E-state index contributed by atoms with van der Waals surface area (Å²) < 4.78 is 9.79. The Morgan fingerprint density at radius 2 is 1.79 bits per heavy atom. The standard InChI is InChI=1S/C18H23NO5/c1-3-13-8-6-7-11-19(13)16(20)12-24-18(22)15-10-5-4-9-14(15)17(21)23-2/h4-5,9-10,13H,3,6-8,11-12H2,1-2H3. The molecule has 1 unspecified atom stereocenters. The highest BCUT2D eigenvalue weighted by molar-refractivity contribution is 6.03. The van der Waals surface area contributed by atoms with Gasteiger partial charge in [0.15, 0.2) is 6.61 Å². The van der Waals surface area contributed by atoms with Gasteiger partial charge >= 0.3 is 11.9 Å². The van der Waals surface area contributed by atoms with Gasteiger partial charge in [0.2, 0.25) is 0 Å². The molecule has 1 aromatic carbocycles. The van der Waals surface area contributed by atoms with Gasteiger partial charge in [0, 0.05) is 12.6 Å². The molecule has 1 saturated heterocycles. The molecule has 0 aromatic heterocycles. The zero-order valence-corrected chi connectivity index (χ0v) is 14.1. The molecule has 0 bridgehead atoms. The molecule has 0 N–H and O–H groups in total. The Kier molecular flexibility index (Phi) is 6.35. The molecule has 1 aliphatic heterocycles. The first-order valence-corrected chi connectivity index (χ1v) is 8.22.